The molecule has 0 fully saturated rings. The van der Waals surface area contributed by atoms with Gasteiger partial charge in [0.15, 0.2) is 0 Å². The Balaban J connectivity index is 2.12. The van der Waals surface area contributed by atoms with Crippen molar-refractivity contribution in [2.24, 2.45) is 0 Å². The van der Waals surface area contributed by atoms with Crippen molar-refractivity contribution in [1.29, 1.82) is 0 Å². The smallest absolute Gasteiger partial charge is 0.305 e. The molecule has 1 aromatic rings. The fraction of sp³-hybridized carbons (Fsp3) is 0.538. The van der Waals surface area contributed by atoms with Gasteiger partial charge < -0.3 is 14.8 Å². The molecule has 0 aliphatic carbocycles. The van der Waals surface area contributed by atoms with Gasteiger partial charge >= 0.3 is 5.97 Å². The minimum atomic E-state index is -0.134. The summed E-state index contributed by atoms with van der Waals surface area (Å²) in [7, 11) is 1.59. The number of hydrogen-bond acceptors (Lipinski definition) is 5. The predicted octanol–water partition coefficient (Wildman–Crippen LogP) is 1.52. The minimum Gasteiger partial charge on any atom is -0.481 e. The van der Waals surface area contributed by atoms with E-state index in [1.807, 2.05) is 19.1 Å². The molecule has 0 amide bonds. The van der Waals surface area contributed by atoms with Crippen molar-refractivity contribution in [3.05, 3.63) is 23.9 Å². The van der Waals surface area contributed by atoms with E-state index in [2.05, 4.69) is 10.3 Å². The van der Waals surface area contributed by atoms with Crippen molar-refractivity contribution < 1.29 is 14.3 Å². The van der Waals surface area contributed by atoms with E-state index in [9.17, 15) is 4.79 Å². The Labute approximate surface area is 108 Å². The van der Waals surface area contributed by atoms with Crippen LogP contribution in [-0.2, 0) is 16.1 Å². The van der Waals surface area contributed by atoms with E-state index in [4.69, 9.17) is 9.47 Å². The standard InChI is InChI=1S/C13H20N2O3/c1-3-18-13(16)5-4-8-14-9-11-6-7-12(17-2)15-10-11/h6-7,10,14H,3-5,8-9H2,1-2H3. The van der Waals surface area contributed by atoms with Crippen molar-refractivity contribution in [2.75, 3.05) is 20.3 Å². The molecule has 0 spiro atoms. The van der Waals surface area contributed by atoms with Gasteiger partial charge in [0.25, 0.3) is 0 Å². The van der Waals surface area contributed by atoms with E-state index < -0.39 is 0 Å². The molecule has 5 nitrogen and oxygen atoms in total. The quantitative estimate of drug-likeness (QED) is 0.561. The molecule has 0 aromatic carbocycles. The summed E-state index contributed by atoms with van der Waals surface area (Å²) in [6.07, 6.45) is 3.02. The maximum atomic E-state index is 11.1. The summed E-state index contributed by atoms with van der Waals surface area (Å²) in [5.41, 5.74) is 1.09. The Hall–Kier alpha value is -1.62. The van der Waals surface area contributed by atoms with Gasteiger partial charge in [-0.1, -0.05) is 6.07 Å². The molecule has 0 saturated carbocycles. The largest absolute Gasteiger partial charge is 0.481 e. The van der Waals surface area contributed by atoms with Crippen LogP contribution in [0.25, 0.3) is 0 Å². The lowest BCUT2D eigenvalue weighted by atomic mass is 10.2. The third-order valence-electron chi connectivity index (χ3n) is 2.38. The van der Waals surface area contributed by atoms with Crippen LogP contribution >= 0.6 is 0 Å². The van der Waals surface area contributed by atoms with Gasteiger partial charge in [-0.05, 0) is 25.5 Å². The molecule has 1 aromatic heterocycles. The van der Waals surface area contributed by atoms with E-state index in [1.165, 1.54) is 0 Å². The molecular weight excluding hydrogens is 232 g/mol. The van der Waals surface area contributed by atoms with Crippen LogP contribution in [0.1, 0.15) is 25.3 Å². The first-order valence-corrected chi connectivity index (χ1v) is 6.11. The average Bonchev–Trinajstić information content (AvgIpc) is 2.39. The highest BCUT2D eigenvalue weighted by Crippen LogP contribution is 2.06. The van der Waals surface area contributed by atoms with Gasteiger partial charge in [0.2, 0.25) is 5.88 Å². The highest BCUT2D eigenvalue weighted by atomic mass is 16.5. The SMILES string of the molecule is CCOC(=O)CCCNCc1ccc(OC)nc1. The first kappa shape index (κ1) is 14.4. The van der Waals surface area contributed by atoms with Gasteiger partial charge in [0.05, 0.1) is 13.7 Å². The topological polar surface area (TPSA) is 60.5 Å². The van der Waals surface area contributed by atoms with E-state index in [1.54, 1.807) is 13.3 Å². The summed E-state index contributed by atoms with van der Waals surface area (Å²) in [5, 5.41) is 3.25. The van der Waals surface area contributed by atoms with Gasteiger partial charge in [0, 0.05) is 25.2 Å². The summed E-state index contributed by atoms with van der Waals surface area (Å²) >= 11 is 0. The number of hydrogen-bond donors (Lipinski definition) is 1. The van der Waals surface area contributed by atoms with Crippen LogP contribution in [0.3, 0.4) is 0 Å². The predicted molar refractivity (Wildman–Crippen MR) is 68.4 cm³/mol. The second kappa shape index (κ2) is 8.47. The van der Waals surface area contributed by atoms with Crippen LogP contribution in [0, 0.1) is 0 Å². The van der Waals surface area contributed by atoms with E-state index in [0.717, 1.165) is 25.1 Å². The molecule has 0 radical (unpaired) electrons. The van der Waals surface area contributed by atoms with Crippen LogP contribution in [0.5, 0.6) is 5.88 Å². The molecule has 5 heteroatoms. The lowest BCUT2D eigenvalue weighted by Crippen LogP contribution is -2.16. The number of nitrogens with zero attached hydrogens (tertiary/aromatic N) is 1. The monoisotopic (exact) mass is 252 g/mol. The Morgan fingerprint density at radius 1 is 1.44 bits per heavy atom. The molecule has 1 N–H and O–H groups in total. The summed E-state index contributed by atoms with van der Waals surface area (Å²) in [5.74, 6) is 0.478. The summed E-state index contributed by atoms with van der Waals surface area (Å²) < 4.78 is 9.82. The Kier molecular flexibility index (Phi) is 6.79. The molecule has 0 aliphatic rings. The molecule has 0 atom stereocenters. The van der Waals surface area contributed by atoms with Crippen LogP contribution < -0.4 is 10.1 Å². The maximum absolute atomic E-state index is 11.1. The second-order valence-corrected chi connectivity index (χ2v) is 3.79. The van der Waals surface area contributed by atoms with Crippen molar-refractivity contribution >= 4 is 5.97 Å². The number of aromatic nitrogens is 1. The molecule has 0 unspecified atom stereocenters. The number of esters is 1. The van der Waals surface area contributed by atoms with Crippen LogP contribution in [0.15, 0.2) is 18.3 Å². The number of carbonyl (C=O) groups is 1. The summed E-state index contributed by atoms with van der Waals surface area (Å²) in [6, 6.07) is 3.79. The van der Waals surface area contributed by atoms with Crippen molar-refractivity contribution in [2.45, 2.75) is 26.3 Å². The zero-order chi connectivity index (χ0) is 13.2. The lowest BCUT2D eigenvalue weighted by molar-refractivity contribution is -0.143. The molecule has 18 heavy (non-hydrogen) atoms. The van der Waals surface area contributed by atoms with Crippen molar-refractivity contribution in [1.82, 2.24) is 10.3 Å². The Morgan fingerprint density at radius 3 is 2.89 bits per heavy atom. The van der Waals surface area contributed by atoms with Crippen molar-refractivity contribution in [3.63, 3.8) is 0 Å². The van der Waals surface area contributed by atoms with Gasteiger partial charge in [-0.25, -0.2) is 4.98 Å². The zero-order valence-corrected chi connectivity index (χ0v) is 10.9. The summed E-state index contributed by atoms with van der Waals surface area (Å²) in [4.78, 5) is 15.2. The van der Waals surface area contributed by atoms with E-state index in [-0.39, 0.29) is 5.97 Å². The normalized spacial score (nSPS) is 10.1. The van der Waals surface area contributed by atoms with E-state index >= 15 is 0 Å². The molecule has 1 heterocycles. The first-order chi connectivity index (χ1) is 8.76. The third-order valence-corrected chi connectivity index (χ3v) is 2.38. The minimum absolute atomic E-state index is 0.134. The number of carbonyl (C=O) groups excluding carboxylic acids is 1. The zero-order valence-electron chi connectivity index (χ0n) is 10.9. The number of pyridine rings is 1. The third kappa shape index (κ3) is 5.63. The fourth-order valence-electron chi connectivity index (χ4n) is 1.46. The van der Waals surface area contributed by atoms with E-state index in [0.29, 0.717) is 18.9 Å². The maximum Gasteiger partial charge on any atom is 0.305 e. The molecule has 0 saturated heterocycles. The molecule has 1 rings (SSSR count). The molecule has 100 valence electrons. The summed E-state index contributed by atoms with van der Waals surface area (Å²) in [6.45, 7) is 3.78. The number of ether oxygens (including phenoxy) is 2. The molecule has 0 bridgehead atoms. The highest BCUT2D eigenvalue weighted by Gasteiger charge is 2.00. The average molecular weight is 252 g/mol. The Bertz CT molecular complexity index is 352. The fourth-order valence-corrected chi connectivity index (χ4v) is 1.46. The van der Waals surface area contributed by atoms with Crippen LogP contribution in [-0.4, -0.2) is 31.2 Å². The number of methoxy groups -OCH3 is 1. The second-order valence-electron chi connectivity index (χ2n) is 3.79. The Morgan fingerprint density at radius 2 is 2.28 bits per heavy atom. The highest BCUT2D eigenvalue weighted by molar-refractivity contribution is 5.69. The van der Waals surface area contributed by atoms with Gasteiger partial charge in [-0.2, -0.15) is 0 Å². The first-order valence-electron chi connectivity index (χ1n) is 6.11. The van der Waals surface area contributed by atoms with Gasteiger partial charge in [-0.3, -0.25) is 4.79 Å². The van der Waals surface area contributed by atoms with Crippen LogP contribution in [0.4, 0.5) is 0 Å². The number of rotatable bonds is 8. The lowest BCUT2D eigenvalue weighted by Gasteiger charge is -2.05. The molecular formula is C13H20N2O3. The van der Waals surface area contributed by atoms with Crippen LogP contribution in [0.2, 0.25) is 0 Å². The number of nitrogens with one attached hydrogen (secondary N) is 1. The van der Waals surface area contributed by atoms with Gasteiger partial charge in [0.1, 0.15) is 0 Å². The van der Waals surface area contributed by atoms with Crippen molar-refractivity contribution in [3.8, 4) is 5.88 Å². The van der Waals surface area contributed by atoms with Gasteiger partial charge in [-0.15, -0.1) is 0 Å². The molecule has 0 aliphatic heterocycles.